The van der Waals surface area contributed by atoms with E-state index in [9.17, 15) is 13.2 Å². The standard InChI is InChI=1S/C15H21IN2O5S/c1-22-15(19)14(17-7-9-23-10-8-17)11-18(24(2,20)21)13-5-3-12(16)4-6-13/h3-6,14H,7-11H2,1-2H3/t14-/m0/s1. The number of esters is 1. The summed E-state index contributed by atoms with van der Waals surface area (Å²) in [6.45, 7) is 2.14. The molecule has 0 N–H and O–H groups in total. The Labute approximate surface area is 156 Å². The lowest BCUT2D eigenvalue weighted by molar-refractivity contribution is -0.148. The maximum absolute atomic E-state index is 12.3. The molecule has 0 aliphatic carbocycles. The van der Waals surface area contributed by atoms with Crippen LogP contribution in [0.2, 0.25) is 0 Å². The molecule has 1 heterocycles. The number of methoxy groups -OCH3 is 1. The summed E-state index contributed by atoms with van der Waals surface area (Å²) in [7, 11) is -2.23. The van der Waals surface area contributed by atoms with E-state index in [4.69, 9.17) is 9.47 Å². The van der Waals surface area contributed by atoms with Crippen LogP contribution in [0.3, 0.4) is 0 Å². The lowest BCUT2D eigenvalue weighted by Gasteiger charge is -2.35. The Kier molecular flexibility index (Phi) is 6.84. The Balaban J connectivity index is 2.30. The molecule has 24 heavy (non-hydrogen) atoms. The monoisotopic (exact) mass is 468 g/mol. The third-order valence-electron chi connectivity index (χ3n) is 3.81. The van der Waals surface area contributed by atoms with Gasteiger partial charge in [0.2, 0.25) is 10.0 Å². The second kappa shape index (κ2) is 8.45. The molecular weight excluding hydrogens is 447 g/mol. The topological polar surface area (TPSA) is 76.2 Å². The van der Waals surface area contributed by atoms with E-state index in [0.717, 1.165) is 9.83 Å². The molecule has 2 rings (SSSR count). The largest absolute Gasteiger partial charge is 0.468 e. The number of ether oxygens (including phenoxy) is 2. The summed E-state index contributed by atoms with van der Waals surface area (Å²) >= 11 is 2.15. The van der Waals surface area contributed by atoms with Gasteiger partial charge in [0, 0.05) is 16.7 Å². The first-order valence-electron chi connectivity index (χ1n) is 7.46. The molecule has 0 amide bonds. The third kappa shape index (κ3) is 5.04. The zero-order valence-corrected chi connectivity index (χ0v) is 16.6. The van der Waals surface area contributed by atoms with Crippen LogP contribution in [0.1, 0.15) is 0 Å². The number of morpholine rings is 1. The number of hydrogen-bond acceptors (Lipinski definition) is 6. The van der Waals surface area contributed by atoms with Crippen molar-refractivity contribution in [3.63, 3.8) is 0 Å². The minimum atomic E-state index is -3.54. The first-order valence-corrected chi connectivity index (χ1v) is 10.4. The molecule has 1 aliphatic rings. The first-order chi connectivity index (χ1) is 11.3. The highest BCUT2D eigenvalue weighted by molar-refractivity contribution is 14.1. The molecular formula is C15H21IN2O5S. The predicted molar refractivity (Wildman–Crippen MR) is 99.5 cm³/mol. The van der Waals surface area contributed by atoms with E-state index in [-0.39, 0.29) is 6.54 Å². The van der Waals surface area contributed by atoms with Gasteiger partial charge in [-0.1, -0.05) is 0 Å². The highest BCUT2D eigenvalue weighted by atomic mass is 127. The molecule has 1 aliphatic heterocycles. The van der Waals surface area contributed by atoms with E-state index in [1.165, 1.54) is 11.4 Å². The highest BCUT2D eigenvalue weighted by Gasteiger charge is 2.33. The number of nitrogens with zero attached hydrogens (tertiary/aromatic N) is 2. The number of hydrogen-bond donors (Lipinski definition) is 0. The summed E-state index contributed by atoms with van der Waals surface area (Å²) < 4.78 is 37.0. The number of halogens is 1. The molecule has 1 aromatic rings. The molecule has 0 saturated carbocycles. The van der Waals surface area contributed by atoms with Crippen molar-refractivity contribution in [2.45, 2.75) is 6.04 Å². The predicted octanol–water partition coefficient (Wildman–Crippen LogP) is 0.931. The summed E-state index contributed by atoms with van der Waals surface area (Å²) in [5.41, 5.74) is 0.528. The zero-order valence-electron chi connectivity index (χ0n) is 13.6. The first kappa shape index (κ1) is 19.4. The number of rotatable bonds is 6. The molecule has 134 valence electrons. The Morgan fingerprint density at radius 2 is 1.92 bits per heavy atom. The molecule has 0 spiro atoms. The van der Waals surface area contributed by atoms with Gasteiger partial charge < -0.3 is 9.47 Å². The van der Waals surface area contributed by atoms with Crippen molar-refractivity contribution in [2.24, 2.45) is 0 Å². The molecule has 1 saturated heterocycles. The third-order valence-corrected chi connectivity index (χ3v) is 5.69. The van der Waals surface area contributed by atoms with Gasteiger partial charge in [-0.15, -0.1) is 0 Å². The SMILES string of the molecule is COC(=O)[C@H](CN(c1ccc(I)cc1)S(C)(=O)=O)N1CCOCC1. The van der Waals surface area contributed by atoms with Crippen LogP contribution in [0, 0.1) is 3.57 Å². The van der Waals surface area contributed by atoms with E-state index < -0.39 is 22.0 Å². The Morgan fingerprint density at radius 1 is 1.33 bits per heavy atom. The average Bonchev–Trinajstić information content (AvgIpc) is 2.56. The van der Waals surface area contributed by atoms with Crippen molar-refractivity contribution < 1.29 is 22.7 Å². The van der Waals surface area contributed by atoms with Gasteiger partial charge in [-0.25, -0.2) is 8.42 Å². The molecule has 1 atom stereocenters. The van der Waals surface area contributed by atoms with Gasteiger partial charge in [-0.3, -0.25) is 14.0 Å². The molecule has 1 fully saturated rings. The fraction of sp³-hybridized carbons (Fsp3) is 0.533. The molecule has 7 nitrogen and oxygen atoms in total. The molecule has 0 aromatic heterocycles. The molecule has 0 radical (unpaired) electrons. The average molecular weight is 468 g/mol. The summed E-state index contributed by atoms with van der Waals surface area (Å²) in [5.74, 6) is -0.448. The summed E-state index contributed by atoms with van der Waals surface area (Å²) in [6, 6.07) is 6.45. The number of carbonyl (C=O) groups excluding carboxylic acids is 1. The van der Waals surface area contributed by atoms with E-state index in [2.05, 4.69) is 22.6 Å². The lowest BCUT2D eigenvalue weighted by Crippen LogP contribution is -2.53. The molecule has 9 heteroatoms. The van der Waals surface area contributed by atoms with E-state index in [0.29, 0.717) is 32.0 Å². The van der Waals surface area contributed by atoms with Crippen molar-refractivity contribution >= 4 is 44.3 Å². The summed E-state index contributed by atoms with van der Waals surface area (Å²) in [4.78, 5) is 14.1. The van der Waals surface area contributed by atoms with Crippen molar-refractivity contribution in [3.05, 3.63) is 27.8 Å². The number of sulfonamides is 1. The second-order valence-electron chi connectivity index (χ2n) is 5.46. The van der Waals surface area contributed by atoms with Gasteiger partial charge in [0.1, 0.15) is 6.04 Å². The minimum absolute atomic E-state index is 0.00605. The van der Waals surface area contributed by atoms with E-state index in [1.807, 2.05) is 17.0 Å². The van der Waals surface area contributed by atoms with E-state index in [1.54, 1.807) is 12.1 Å². The minimum Gasteiger partial charge on any atom is -0.468 e. The van der Waals surface area contributed by atoms with Crippen molar-refractivity contribution in [1.82, 2.24) is 4.90 Å². The van der Waals surface area contributed by atoms with Crippen LogP contribution in [0.25, 0.3) is 0 Å². The van der Waals surface area contributed by atoms with Crippen molar-refractivity contribution in [3.8, 4) is 0 Å². The van der Waals surface area contributed by atoms with Crippen LogP contribution in [0.15, 0.2) is 24.3 Å². The van der Waals surface area contributed by atoms with Crippen LogP contribution in [0.4, 0.5) is 5.69 Å². The smallest absolute Gasteiger partial charge is 0.324 e. The van der Waals surface area contributed by atoms with Crippen molar-refractivity contribution in [1.29, 1.82) is 0 Å². The lowest BCUT2D eigenvalue weighted by atomic mass is 10.2. The Morgan fingerprint density at radius 3 is 2.42 bits per heavy atom. The van der Waals surface area contributed by atoms with Crippen molar-refractivity contribution in [2.75, 3.05) is 50.5 Å². The number of anilines is 1. The van der Waals surface area contributed by atoms with Gasteiger partial charge >= 0.3 is 5.97 Å². The molecule has 0 unspecified atom stereocenters. The second-order valence-corrected chi connectivity index (χ2v) is 8.61. The van der Waals surface area contributed by atoms with Gasteiger partial charge in [0.25, 0.3) is 0 Å². The van der Waals surface area contributed by atoms with Crippen LogP contribution in [0.5, 0.6) is 0 Å². The van der Waals surface area contributed by atoms with Crippen LogP contribution >= 0.6 is 22.6 Å². The van der Waals surface area contributed by atoms with Gasteiger partial charge in [0.05, 0.1) is 38.8 Å². The zero-order chi connectivity index (χ0) is 17.7. The number of benzene rings is 1. The normalized spacial score (nSPS) is 17.3. The maximum Gasteiger partial charge on any atom is 0.324 e. The van der Waals surface area contributed by atoms with E-state index >= 15 is 0 Å². The maximum atomic E-state index is 12.3. The highest BCUT2D eigenvalue weighted by Crippen LogP contribution is 2.21. The summed E-state index contributed by atoms with van der Waals surface area (Å²) in [6.07, 6.45) is 1.14. The molecule has 1 aromatic carbocycles. The van der Waals surface area contributed by atoms with Crippen LogP contribution in [-0.4, -0.2) is 71.5 Å². The number of carbonyl (C=O) groups is 1. The van der Waals surface area contributed by atoms with Gasteiger partial charge in [-0.2, -0.15) is 0 Å². The fourth-order valence-corrected chi connectivity index (χ4v) is 3.84. The fourth-order valence-electron chi connectivity index (χ4n) is 2.56. The molecule has 0 bridgehead atoms. The summed E-state index contributed by atoms with van der Waals surface area (Å²) in [5, 5.41) is 0. The van der Waals surface area contributed by atoms with Crippen LogP contribution in [-0.2, 0) is 24.3 Å². The van der Waals surface area contributed by atoms with Gasteiger partial charge in [-0.05, 0) is 46.9 Å². The Bertz CT molecular complexity index is 659. The Hall–Kier alpha value is -0.910. The quantitative estimate of drug-likeness (QED) is 0.457. The van der Waals surface area contributed by atoms with Crippen LogP contribution < -0.4 is 4.31 Å². The van der Waals surface area contributed by atoms with Gasteiger partial charge in [0.15, 0.2) is 0 Å².